The summed E-state index contributed by atoms with van der Waals surface area (Å²) in [5.41, 5.74) is -1.75. The van der Waals surface area contributed by atoms with Crippen LogP contribution in [0.25, 0.3) is 0 Å². The predicted octanol–water partition coefficient (Wildman–Crippen LogP) is 1.25. The average molecular weight is 256 g/mol. The van der Waals surface area contributed by atoms with Gasteiger partial charge in [0.05, 0.1) is 6.54 Å². The van der Waals surface area contributed by atoms with Crippen LogP contribution in [0.3, 0.4) is 0 Å². The van der Waals surface area contributed by atoms with Crippen LogP contribution >= 0.6 is 0 Å². The Labute approximate surface area is 107 Å². The number of carbonyl (C=O) groups excluding carboxylic acids is 2. The van der Waals surface area contributed by atoms with Gasteiger partial charge < -0.3 is 10.2 Å². The van der Waals surface area contributed by atoms with E-state index in [1.165, 1.54) is 4.90 Å². The number of hydrogen-bond acceptors (Lipinski definition) is 2. The van der Waals surface area contributed by atoms with Gasteiger partial charge in [-0.15, -0.1) is 0 Å². The van der Waals surface area contributed by atoms with Crippen molar-refractivity contribution in [3.63, 3.8) is 0 Å². The molecule has 1 aliphatic heterocycles. The summed E-state index contributed by atoms with van der Waals surface area (Å²) in [6, 6.07) is 0. The minimum atomic E-state index is -0.888. The average Bonchev–Trinajstić information content (AvgIpc) is 3.16. The minimum Gasteiger partial charge on any atom is -0.340 e. The lowest BCUT2D eigenvalue weighted by Gasteiger charge is -2.50. The molecule has 0 aromatic rings. The van der Waals surface area contributed by atoms with Gasteiger partial charge in [0.15, 0.2) is 0 Å². The SMILES string of the molecule is CCC1(C)NC(=O)C(C)(C2CC2)N(CCF)C1=O. The molecule has 2 atom stereocenters. The molecule has 1 heterocycles. The molecule has 2 amide bonds. The molecule has 2 rings (SSSR count). The Bertz CT molecular complexity index is 383. The summed E-state index contributed by atoms with van der Waals surface area (Å²) in [5, 5.41) is 2.84. The first-order valence-corrected chi connectivity index (χ1v) is 6.60. The Balaban J connectivity index is 2.37. The topological polar surface area (TPSA) is 49.4 Å². The number of halogens is 1. The van der Waals surface area contributed by atoms with Gasteiger partial charge in [-0.25, -0.2) is 4.39 Å². The van der Waals surface area contributed by atoms with Crippen molar-refractivity contribution in [2.75, 3.05) is 13.2 Å². The van der Waals surface area contributed by atoms with Crippen LogP contribution in [-0.4, -0.2) is 41.0 Å². The lowest BCUT2D eigenvalue weighted by Crippen LogP contribution is -2.75. The van der Waals surface area contributed by atoms with E-state index in [0.717, 1.165) is 12.8 Å². The molecule has 0 bridgehead atoms. The van der Waals surface area contributed by atoms with E-state index in [2.05, 4.69) is 5.32 Å². The summed E-state index contributed by atoms with van der Waals surface area (Å²) in [5.74, 6) is -0.117. The quantitative estimate of drug-likeness (QED) is 0.823. The van der Waals surface area contributed by atoms with E-state index in [-0.39, 0.29) is 24.3 Å². The molecule has 2 fully saturated rings. The van der Waals surface area contributed by atoms with Gasteiger partial charge in [-0.3, -0.25) is 9.59 Å². The number of carbonyl (C=O) groups is 2. The number of nitrogens with zero attached hydrogens (tertiary/aromatic N) is 1. The summed E-state index contributed by atoms with van der Waals surface area (Å²) in [4.78, 5) is 26.3. The molecule has 1 saturated carbocycles. The number of piperazine rings is 1. The van der Waals surface area contributed by atoms with Crippen molar-refractivity contribution in [1.82, 2.24) is 10.2 Å². The van der Waals surface area contributed by atoms with E-state index >= 15 is 0 Å². The van der Waals surface area contributed by atoms with Gasteiger partial charge in [0.25, 0.3) is 0 Å². The van der Waals surface area contributed by atoms with E-state index in [1.54, 1.807) is 13.8 Å². The van der Waals surface area contributed by atoms with Crippen LogP contribution < -0.4 is 5.32 Å². The normalized spacial score (nSPS) is 36.8. The highest BCUT2D eigenvalue weighted by Gasteiger charge is 2.59. The predicted molar refractivity (Wildman–Crippen MR) is 65.7 cm³/mol. The van der Waals surface area contributed by atoms with Crippen LogP contribution in [0.2, 0.25) is 0 Å². The fourth-order valence-electron chi connectivity index (χ4n) is 2.77. The monoisotopic (exact) mass is 256 g/mol. The molecule has 1 N–H and O–H groups in total. The molecule has 102 valence electrons. The summed E-state index contributed by atoms with van der Waals surface area (Å²) in [6.45, 7) is 4.73. The van der Waals surface area contributed by atoms with E-state index in [1.807, 2.05) is 6.92 Å². The molecule has 2 unspecified atom stereocenters. The van der Waals surface area contributed by atoms with Gasteiger partial charge in [0.1, 0.15) is 17.8 Å². The van der Waals surface area contributed by atoms with Gasteiger partial charge in [-0.05, 0) is 39.0 Å². The first-order chi connectivity index (χ1) is 8.40. The second-order valence-corrected chi connectivity index (χ2v) is 5.71. The lowest BCUT2D eigenvalue weighted by atomic mass is 9.82. The maximum atomic E-state index is 12.7. The fraction of sp³-hybridized carbons (Fsp3) is 0.846. The first kappa shape index (κ1) is 13.3. The van der Waals surface area contributed by atoms with Crippen LogP contribution in [0, 0.1) is 5.92 Å². The van der Waals surface area contributed by atoms with Crippen molar-refractivity contribution in [1.29, 1.82) is 0 Å². The largest absolute Gasteiger partial charge is 0.340 e. The van der Waals surface area contributed by atoms with Crippen molar-refractivity contribution >= 4 is 11.8 Å². The molecule has 0 aromatic heterocycles. The summed E-state index contributed by atoms with van der Waals surface area (Å²) in [7, 11) is 0. The molecule has 18 heavy (non-hydrogen) atoms. The number of nitrogens with one attached hydrogen (secondary N) is 1. The van der Waals surface area contributed by atoms with Gasteiger partial charge in [0.2, 0.25) is 11.8 Å². The second kappa shape index (κ2) is 4.21. The van der Waals surface area contributed by atoms with E-state index < -0.39 is 17.8 Å². The highest BCUT2D eigenvalue weighted by atomic mass is 19.1. The standard InChI is InChI=1S/C13H21FN2O2/c1-4-12(2)11(18)16(8-7-14)13(3,9-5-6-9)10(17)15-12/h9H,4-8H2,1-3H3,(H,15,17). The third-order valence-corrected chi connectivity index (χ3v) is 4.51. The van der Waals surface area contributed by atoms with Crippen molar-refractivity contribution < 1.29 is 14.0 Å². The highest BCUT2D eigenvalue weighted by Crippen LogP contribution is 2.45. The lowest BCUT2D eigenvalue weighted by molar-refractivity contribution is -0.163. The molecule has 1 aliphatic carbocycles. The van der Waals surface area contributed by atoms with Gasteiger partial charge in [0, 0.05) is 0 Å². The van der Waals surface area contributed by atoms with Crippen LogP contribution in [0.1, 0.15) is 40.0 Å². The smallest absolute Gasteiger partial charge is 0.249 e. The van der Waals surface area contributed by atoms with E-state index in [0.29, 0.717) is 6.42 Å². The molecule has 1 saturated heterocycles. The zero-order valence-electron chi connectivity index (χ0n) is 11.3. The molecule has 0 radical (unpaired) electrons. The third-order valence-electron chi connectivity index (χ3n) is 4.51. The Morgan fingerprint density at radius 1 is 1.39 bits per heavy atom. The summed E-state index contributed by atoms with van der Waals surface area (Å²) in [6.07, 6.45) is 2.38. The van der Waals surface area contributed by atoms with Gasteiger partial charge in [-0.2, -0.15) is 0 Å². The molecule has 5 heteroatoms. The number of alkyl halides is 1. The van der Waals surface area contributed by atoms with Crippen molar-refractivity contribution in [2.45, 2.75) is 51.1 Å². The Kier molecular flexibility index (Phi) is 3.11. The summed E-state index contributed by atoms with van der Waals surface area (Å²) < 4.78 is 12.7. The van der Waals surface area contributed by atoms with Crippen LogP contribution in [0.4, 0.5) is 4.39 Å². The van der Waals surface area contributed by atoms with Crippen molar-refractivity contribution in [2.24, 2.45) is 5.92 Å². The van der Waals surface area contributed by atoms with Crippen LogP contribution in [-0.2, 0) is 9.59 Å². The summed E-state index contributed by atoms with van der Waals surface area (Å²) >= 11 is 0. The molecule has 0 aromatic carbocycles. The first-order valence-electron chi connectivity index (χ1n) is 6.60. The van der Waals surface area contributed by atoms with E-state index in [9.17, 15) is 14.0 Å². The Hall–Kier alpha value is -1.13. The molecule has 2 aliphatic rings. The van der Waals surface area contributed by atoms with Gasteiger partial charge >= 0.3 is 0 Å². The highest BCUT2D eigenvalue weighted by molar-refractivity contribution is 6.02. The maximum Gasteiger partial charge on any atom is 0.249 e. The fourth-order valence-corrected chi connectivity index (χ4v) is 2.77. The minimum absolute atomic E-state index is 0.00877. The van der Waals surface area contributed by atoms with Gasteiger partial charge in [-0.1, -0.05) is 6.92 Å². The van der Waals surface area contributed by atoms with Crippen LogP contribution in [0.5, 0.6) is 0 Å². The number of amides is 2. The zero-order chi connectivity index (χ0) is 13.6. The molecular weight excluding hydrogens is 235 g/mol. The van der Waals surface area contributed by atoms with Crippen molar-refractivity contribution in [3.8, 4) is 0 Å². The number of hydrogen-bond donors (Lipinski definition) is 1. The van der Waals surface area contributed by atoms with Crippen LogP contribution in [0.15, 0.2) is 0 Å². The second-order valence-electron chi connectivity index (χ2n) is 5.71. The third kappa shape index (κ3) is 1.71. The van der Waals surface area contributed by atoms with E-state index in [4.69, 9.17) is 0 Å². The Morgan fingerprint density at radius 3 is 2.44 bits per heavy atom. The molecule has 4 nitrogen and oxygen atoms in total. The molecular formula is C13H21FN2O2. The number of rotatable bonds is 4. The zero-order valence-corrected chi connectivity index (χ0v) is 11.3. The maximum absolute atomic E-state index is 12.7. The Morgan fingerprint density at radius 2 is 2.00 bits per heavy atom. The van der Waals surface area contributed by atoms with Crippen molar-refractivity contribution in [3.05, 3.63) is 0 Å². The molecule has 0 spiro atoms.